The van der Waals surface area contributed by atoms with Crippen LogP contribution in [-0.2, 0) is 14.3 Å². The van der Waals surface area contributed by atoms with Crippen molar-refractivity contribution in [2.75, 3.05) is 13.2 Å². The van der Waals surface area contributed by atoms with Gasteiger partial charge in [0.2, 0.25) is 5.91 Å². The van der Waals surface area contributed by atoms with Gasteiger partial charge in [-0.2, -0.15) is 0 Å². The molecule has 0 spiro atoms. The van der Waals surface area contributed by atoms with Gasteiger partial charge in [0.05, 0.1) is 0 Å². The standard InChI is InChI=1S/C25H28N2O5/c1-2-21(23(28)27-14-8-7-13-22(27)24(29)30)26-25(31)32-15-20-18-11-5-3-9-16(18)17-10-4-6-12-19(17)20/h3-6,9-12,20-22H,2,7-8,13-15H2,1H3,(H,26,31)(H,29,30)/t21?,22-/m0/s1. The Kier molecular flexibility index (Phi) is 6.44. The van der Waals surface area contributed by atoms with E-state index in [4.69, 9.17) is 4.74 Å². The number of carbonyl (C=O) groups excluding carboxylic acids is 2. The summed E-state index contributed by atoms with van der Waals surface area (Å²) in [6, 6.07) is 14.5. The molecule has 0 radical (unpaired) electrons. The monoisotopic (exact) mass is 436 g/mol. The first kappa shape index (κ1) is 21.9. The average Bonchev–Trinajstić information content (AvgIpc) is 3.14. The van der Waals surface area contributed by atoms with E-state index in [2.05, 4.69) is 17.4 Å². The summed E-state index contributed by atoms with van der Waals surface area (Å²) in [5.74, 6) is -1.44. The van der Waals surface area contributed by atoms with Gasteiger partial charge >= 0.3 is 12.1 Å². The summed E-state index contributed by atoms with van der Waals surface area (Å²) in [5.41, 5.74) is 4.51. The van der Waals surface area contributed by atoms with Crippen LogP contribution in [0.4, 0.5) is 4.79 Å². The molecule has 1 aliphatic carbocycles. The molecule has 2 amide bonds. The van der Waals surface area contributed by atoms with Crippen molar-refractivity contribution in [3.8, 4) is 11.1 Å². The van der Waals surface area contributed by atoms with E-state index in [1.807, 2.05) is 36.4 Å². The van der Waals surface area contributed by atoms with Gasteiger partial charge in [0.25, 0.3) is 0 Å². The minimum Gasteiger partial charge on any atom is -0.480 e. The Morgan fingerprint density at radius 3 is 2.28 bits per heavy atom. The van der Waals surface area contributed by atoms with Crippen molar-refractivity contribution >= 4 is 18.0 Å². The van der Waals surface area contributed by atoms with Gasteiger partial charge in [0.15, 0.2) is 0 Å². The zero-order valence-electron chi connectivity index (χ0n) is 18.1. The Labute approximate surface area is 187 Å². The minimum atomic E-state index is -1.01. The van der Waals surface area contributed by atoms with Crippen molar-refractivity contribution in [1.82, 2.24) is 10.2 Å². The molecule has 1 aliphatic heterocycles. The van der Waals surface area contributed by atoms with Crippen LogP contribution in [0, 0.1) is 0 Å². The van der Waals surface area contributed by atoms with Crippen molar-refractivity contribution in [2.24, 2.45) is 0 Å². The Bertz CT molecular complexity index is 975. The van der Waals surface area contributed by atoms with Crippen LogP contribution in [0.15, 0.2) is 48.5 Å². The summed E-state index contributed by atoms with van der Waals surface area (Å²) in [5, 5.41) is 12.1. The number of aliphatic carboxylic acids is 1. The third-order valence-corrected chi connectivity index (χ3v) is 6.41. The molecular weight excluding hydrogens is 408 g/mol. The SMILES string of the molecule is CCC(NC(=O)OCC1c2ccccc2-c2ccccc21)C(=O)N1CCCC[C@H]1C(=O)O. The highest BCUT2D eigenvalue weighted by atomic mass is 16.5. The van der Waals surface area contributed by atoms with Crippen molar-refractivity contribution in [3.63, 3.8) is 0 Å². The zero-order chi connectivity index (χ0) is 22.7. The van der Waals surface area contributed by atoms with Gasteiger partial charge in [0.1, 0.15) is 18.7 Å². The minimum absolute atomic E-state index is 0.0672. The lowest BCUT2D eigenvalue weighted by Crippen LogP contribution is -2.55. The van der Waals surface area contributed by atoms with Crippen LogP contribution < -0.4 is 5.32 Å². The molecule has 0 bridgehead atoms. The molecule has 0 aromatic heterocycles. The second-order valence-electron chi connectivity index (χ2n) is 8.31. The van der Waals surface area contributed by atoms with E-state index >= 15 is 0 Å². The van der Waals surface area contributed by atoms with E-state index in [-0.39, 0.29) is 18.4 Å². The maximum Gasteiger partial charge on any atom is 0.407 e. The Hall–Kier alpha value is -3.35. The average molecular weight is 437 g/mol. The number of carboxylic acids is 1. The number of ether oxygens (including phenoxy) is 1. The van der Waals surface area contributed by atoms with E-state index < -0.39 is 24.1 Å². The summed E-state index contributed by atoms with van der Waals surface area (Å²) in [4.78, 5) is 38.5. The zero-order valence-corrected chi connectivity index (χ0v) is 18.1. The summed E-state index contributed by atoms with van der Waals surface area (Å²) < 4.78 is 5.55. The van der Waals surface area contributed by atoms with Crippen LogP contribution in [-0.4, -0.2) is 53.2 Å². The quantitative estimate of drug-likeness (QED) is 0.719. The van der Waals surface area contributed by atoms with Crippen molar-refractivity contribution in [2.45, 2.75) is 50.6 Å². The molecule has 7 heteroatoms. The van der Waals surface area contributed by atoms with E-state index in [1.165, 1.54) is 4.90 Å². The molecule has 1 unspecified atom stereocenters. The fourth-order valence-electron chi connectivity index (χ4n) is 4.77. The van der Waals surface area contributed by atoms with Crippen LogP contribution in [0.5, 0.6) is 0 Å². The van der Waals surface area contributed by atoms with E-state index in [9.17, 15) is 19.5 Å². The predicted octanol–water partition coefficient (Wildman–Crippen LogP) is 3.77. The molecule has 7 nitrogen and oxygen atoms in total. The normalized spacial score (nSPS) is 18.4. The number of carbonyl (C=O) groups is 3. The number of rotatable bonds is 6. The number of alkyl carbamates (subject to hydrolysis) is 1. The maximum absolute atomic E-state index is 13.0. The van der Waals surface area contributed by atoms with Crippen molar-refractivity contribution in [3.05, 3.63) is 59.7 Å². The van der Waals surface area contributed by atoms with Crippen LogP contribution in [0.25, 0.3) is 11.1 Å². The van der Waals surface area contributed by atoms with Gasteiger partial charge in [-0.05, 0) is 47.9 Å². The van der Waals surface area contributed by atoms with Gasteiger partial charge in [-0.25, -0.2) is 9.59 Å². The molecular formula is C25H28N2O5. The van der Waals surface area contributed by atoms with Crippen LogP contribution >= 0.6 is 0 Å². The molecule has 2 aromatic rings. The first-order chi connectivity index (χ1) is 15.5. The first-order valence-corrected chi connectivity index (χ1v) is 11.2. The second kappa shape index (κ2) is 9.42. The van der Waals surface area contributed by atoms with Crippen LogP contribution in [0.2, 0.25) is 0 Å². The van der Waals surface area contributed by atoms with Crippen molar-refractivity contribution < 1.29 is 24.2 Å². The Morgan fingerprint density at radius 1 is 1.06 bits per heavy atom. The van der Waals surface area contributed by atoms with Crippen LogP contribution in [0.1, 0.15) is 49.7 Å². The van der Waals surface area contributed by atoms with Gasteiger partial charge in [-0.3, -0.25) is 4.79 Å². The largest absolute Gasteiger partial charge is 0.480 e. The summed E-state index contributed by atoms with van der Waals surface area (Å²) in [6.07, 6.45) is 1.65. The number of likely N-dealkylation sites (tertiary alicyclic amines) is 1. The molecule has 2 aromatic carbocycles. The number of amides is 2. The summed E-state index contributed by atoms with van der Waals surface area (Å²) >= 11 is 0. The van der Waals surface area contributed by atoms with Crippen LogP contribution in [0.3, 0.4) is 0 Å². The van der Waals surface area contributed by atoms with Gasteiger partial charge < -0.3 is 20.1 Å². The number of fused-ring (bicyclic) bond motifs is 3. The lowest BCUT2D eigenvalue weighted by Gasteiger charge is -2.35. The van der Waals surface area contributed by atoms with Gasteiger partial charge in [-0.1, -0.05) is 55.5 Å². The first-order valence-electron chi connectivity index (χ1n) is 11.2. The molecule has 0 saturated carbocycles. The van der Waals surface area contributed by atoms with E-state index in [1.54, 1.807) is 6.92 Å². The maximum atomic E-state index is 13.0. The topological polar surface area (TPSA) is 95.9 Å². The second-order valence-corrected chi connectivity index (χ2v) is 8.31. The molecule has 1 saturated heterocycles. The highest BCUT2D eigenvalue weighted by Crippen LogP contribution is 2.44. The fraction of sp³-hybridized carbons (Fsp3) is 0.400. The summed E-state index contributed by atoms with van der Waals surface area (Å²) in [7, 11) is 0. The lowest BCUT2D eigenvalue weighted by atomic mass is 9.98. The highest BCUT2D eigenvalue weighted by Gasteiger charge is 2.36. The van der Waals surface area contributed by atoms with E-state index in [0.29, 0.717) is 19.4 Å². The number of nitrogens with one attached hydrogen (secondary N) is 1. The Morgan fingerprint density at radius 2 is 1.69 bits per heavy atom. The van der Waals surface area contributed by atoms with Crippen molar-refractivity contribution in [1.29, 1.82) is 0 Å². The third-order valence-electron chi connectivity index (χ3n) is 6.41. The molecule has 4 rings (SSSR count). The van der Waals surface area contributed by atoms with E-state index in [0.717, 1.165) is 35.1 Å². The molecule has 1 fully saturated rings. The highest BCUT2D eigenvalue weighted by molar-refractivity contribution is 5.89. The predicted molar refractivity (Wildman–Crippen MR) is 119 cm³/mol. The molecule has 2 atom stereocenters. The summed E-state index contributed by atoms with van der Waals surface area (Å²) in [6.45, 7) is 2.33. The molecule has 2 N–H and O–H groups in total. The number of benzene rings is 2. The fourth-order valence-corrected chi connectivity index (χ4v) is 4.77. The number of hydrogen-bond acceptors (Lipinski definition) is 4. The molecule has 168 valence electrons. The number of carboxylic acid groups (broad SMARTS) is 1. The number of nitrogens with zero attached hydrogens (tertiary/aromatic N) is 1. The van der Waals surface area contributed by atoms with Gasteiger partial charge in [0, 0.05) is 12.5 Å². The third kappa shape index (κ3) is 4.20. The lowest BCUT2D eigenvalue weighted by molar-refractivity contribution is -0.152. The molecule has 1 heterocycles. The van der Waals surface area contributed by atoms with Gasteiger partial charge in [-0.15, -0.1) is 0 Å². The Balaban J connectivity index is 1.41. The number of piperidine rings is 1. The molecule has 2 aliphatic rings. The smallest absolute Gasteiger partial charge is 0.407 e. The number of hydrogen-bond donors (Lipinski definition) is 2. The molecule has 32 heavy (non-hydrogen) atoms.